The lowest BCUT2D eigenvalue weighted by atomic mass is 10.2. The highest BCUT2D eigenvalue weighted by Crippen LogP contribution is 2.18. The topological polar surface area (TPSA) is 37.3 Å². The maximum Gasteiger partial charge on any atom is 0.0659 e. The molecule has 1 aromatic rings. The fourth-order valence-electron chi connectivity index (χ4n) is 1.04. The largest absolute Gasteiger partial charge is 0.307 e. The van der Waals surface area contributed by atoms with Gasteiger partial charge in [-0.1, -0.05) is 6.07 Å². The summed E-state index contributed by atoms with van der Waals surface area (Å²) in [5, 5.41) is 4.28. The second-order valence-corrected chi connectivity index (χ2v) is 3.34. The van der Waals surface area contributed by atoms with Gasteiger partial charge >= 0.3 is 0 Å². The maximum atomic E-state index is 4.28. The van der Waals surface area contributed by atoms with Gasteiger partial charge in [0.2, 0.25) is 0 Å². The number of hydrogen-bond acceptors (Lipinski definition) is 3. The summed E-state index contributed by atoms with van der Waals surface area (Å²) in [4.78, 5) is 4.04. The fourth-order valence-corrected chi connectivity index (χ4v) is 1.04. The Morgan fingerprint density at radius 2 is 2.46 bits per heavy atom. The van der Waals surface area contributed by atoms with E-state index in [9.17, 15) is 0 Å². The minimum absolute atomic E-state index is 0.617. The first-order valence-corrected chi connectivity index (χ1v) is 4.56. The first-order valence-electron chi connectivity index (χ1n) is 4.56. The van der Waals surface area contributed by atoms with E-state index >= 15 is 0 Å². The lowest BCUT2D eigenvalue weighted by Crippen LogP contribution is -2.11. The molecule has 1 heterocycles. The molecule has 3 nitrogen and oxygen atoms in total. The molecule has 0 aromatic carbocycles. The van der Waals surface area contributed by atoms with Crippen LogP contribution in [0.2, 0.25) is 0 Å². The third-order valence-electron chi connectivity index (χ3n) is 2.07. The van der Waals surface area contributed by atoms with Crippen LogP contribution in [0.3, 0.4) is 0 Å². The van der Waals surface area contributed by atoms with E-state index in [1.807, 2.05) is 25.3 Å². The first kappa shape index (κ1) is 8.23. The van der Waals surface area contributed by atoms with E-state index in [4.69, 9.17) is 0 Å². The van der Waals surface area contributed by atoms with Gasteiger partial charge in [-0.3, -0.25) is 4.98 Å². The Morgan fingerprint density at radius 1 is 1.62 bits per heavy atom. The molecule has 1 fully saturated rings. The predicted molar refractivity (Wildman–Crippen MR) is 52.6 cm³/mol. The van der Waals surface area contributed by atoms with E-state index in [-0.39, 0.29) is 0 Å². The molecule has 0 unspecified atom stereocenters. The molecule has 1 aliphatic carbocycles. The van der Waals surface area contributed by atoms with Crippen LogP contribution < -0.4 is 5.43 Å². The van der Waals surface area contributed by atoms with Gasteiger partial charge in [0.15, 0.2) is 0 Å². The summed E-state index contributed by atoms with van der Waals surface area (Å²) in [5.74, 6) is 0. The maximum absolute atomic E-state index is 4.28. The van der Waals surface area contributed by atoms with Gasteiger partial charge < -0.3 is 5.43 Å². The Morgan fingerprint density at radius 3 is 3.08 bits per heavy atom. The molecule has 0 aliphatic heterocycles. The van der Waals surface area contributed by atoms with Gasteiger partial charge in [-0.25, -0.2) is 0 Å². The second kappa shape index (κ2) is 3.56. The van der Waals surface area contributed by atoms with Crippen LogP contribution in [-0.4, -0.2) is 16.7 Å². The quantitative estimate of drug-likeness (QED) is 0.559. The summed E-state index contributed by atoms with van der Waals surface area (Å²) in [6.07, 6.45) is 6.10. The van der Waals surface area contributed by atoms with Crippen LogP contribution in [0.4, 0.5) is 0 Å². The number of nitrogens with one attached hydrogen (secondary N) is 1. The van der Waals surface area contributed by atoms with Gasteiger partial charge in [0, 0.05) is 24.0 Å². The molecule has 0 amide bonds. The van der Waals surface area contributed by atoms with Gasteiger partial charge in [0.05, 0.1) is 5.71 Å². The van der Waals surface area contributed by atoms with Crippen molar-refractivity contribution < 1.29 is 0 Å². The monoisotopic (exact) mass is 175 g/mol. The van der Waals surface area contributed by atoms with Gasteiger partial charge in [0.25, 0.3) is 0 Å². The normalized spacial score (nSPS) is 17.2. The number of aromatic nitrogens is 1. The molecule has 2 rings (SSSR count). The summed E-state index contributed by atoms with van der Waals surface area (Å²) in [5.41, 5.74) is 5.19. The van der Waals surface area contributed by atoms with Crippen LogP contribution in [0, 0.1) is 0 Å². The summed E-state index contributed by atoms with van der Waals surface area (Å²) in [7, 11) is 0. The van der Waals surface area contributed by atoms with Crippen molar-refractivity contribution in [1.82, 2.24) is 10.4 Å². The standard InChI is InChI=1S/C10H13N3/c1-8(12-13-10-4-5-10)9-3-2-6-11-7-9/h2-3,6-7,10,13H,4-5H2,1H3/b12-8-. The van der Waals surface area contributed by atoms with Crippen LogP contribution in [0.1, 0.15) is 25.3 Å². The Bertz CT molecular complexity index is 301. The van der Waals surface area contributed by atoms with E-state index in [0.717, 1.165) is 11.3 Å². The highest BCUT2D eigenvalue weighted by atomic mass is 15.3. The van der Waals surface area contributed by atoms with E-state index in [0.29, 0.717) is 6.04 Å². The minimum Gasteiger partial charge on any atom is -0.307 e. The molecule has 0 saturated heterocycles. The van der Waals surface area contributed by atoms with Crippen molar-refractivity contribution in [3.63, 3.8) is 0 Å². The lowest BCUT2D eigenvalue weighted by Gasteiger charge is -2.00. The van der Waals surface area contributed by atoms with Crippen LogP contribution in [0.25, 0.3) is 0 Å². The van der Waals surface area contributed by atoms with E-state index in [1.165, 1.54) is 12.8 Å². The van der Waals surface area contributed by atoms with Crippen LogP contribution in [0.15, 0.2) is 29.6 Å². The van der Waals surface area contributed by atoms with Crippen molar-refractivity contribution in [3.05, 3.63) is 30.1 Å². The van der Waals surface area contributed by atoms with Gasteiger partial charge in [-0.15, -0.1) is 0 Å². The van der Waals surface area contributed by atoms with E-state index in [1.54, 1.807) is 6.20 Å². The number of nitrogens with zero attached hydrogens (tertiary/aromatic N) is 2. The molecule has 68 valence electrons. The average molecular weight is 175 g/mol. The highest BCUT2D eigenvalue weighted by molar-refractivity contribution is 5.98. The van der Waals surface area contributed by atoms with Crippen molar-refractivity contribution in [2.75, 3.05) is 0 Å². The first-order chi connectivity index (χ1) is 6.36. The average Bonchev–Trinajstić information content (AvgIpc) is 2.99. The molecule has 0 radical (unpaired) electrons. The van der Waals surface area contributed by atoms with E-state index < -0.39 is 0 Å². The lowest BCUT2D eigenvalue weighted by molar-refractivity contribution is 0.737. The molecule has 1 aliphatic rings. The second-order valence-electron chi connectivity index (χ2n) is 3.34. The third kappa shape index (κ3) is 2.28. The van der Waals surface area contributed by atoms with Crippen molar-refractivity contribution in [2.24, 2.45) is 5.10 Å². The molecule has 1 saturated carbocycles. The van der Waals surface area contributed by atoms with Gasteiger partial charge in [-0.2, -0.15) is 5.10 Å². The molecule has 1 aromatic heterocycles. The van der Waals surface area contributed by atoms with Crippen molar-refractivity contribution in [3.8, 4) is 0 Å². The Hall–Kier alpha value is -1.38. The number of hydrogen-bond donors (Lipinski definition) is 1. The Labute approximate surface area is 77.9 Å². The molecule has 3 heteroatoms. The molecule has 0 atom stereocenters. The predicted octanol–water partition coefficient (Wildman–Crippen LogP) is 1.56. The molecular formula is C10H13N3. The molecule has 1 N–H and O–H groups in total. The molecule has 0 spiro atoms. The summed E-state index contributed by atoms with van der Waals surface area (Å²) in [6.45, 7) is 1.99. The zero-order valence-electron chi connectivity index (χ0n) is 7.70. The Kier molecular flexibility index (Phi) is 2.25. The van der Waals surface area contributed by atoms with Crippen LogP contribution in [0.5, 0.6) is 0 Å². The third-order valence-corrected chi connectivity index (χ3v) is 2.07. The number of pyridine rings is 1. The zero-order valence-corrected chi connectivity index (χ0v) is 7.70. The van der Waals surface area contributed by atoms with Crippen molar-refractivity contribution in [1.29, 1.82) is 0 Å². The smallest absolute Gasteiger partial charge is 0.0659 e. The van der Waals surface area contributed by atoms with Gasteiger partial charge in [-0.05, 0) is 25.8 Å². The molecule has 0 bridgehead atoms. The van der Waals surface area contributed by atoms with Crippen molar-refractivity contribution in [2.45, 2.75) is 25.8 Å². The molecular weight excluding hydrogens is 162 g/mol. The SMILES string of the molecule is C/C(=N/NC1CC1)c1cccnc1. The summed E-state index contributed by atoms with van der Waals surface area (Å²) >= 11 is 0. The van der Waals surface area contributed by atoms with Crippen LogP contribution >= 0.6 is 0 Å². The highest BCUT2D eigenvalue weighted by Gasteiger charge is 2.19. The Balaban J connectivity index is 2.02. The number of hydrazone groups is 1. The zero-order chi connectivity index (χ0) is 9.10. The fraction of sp³-hybridized carbons (Fsp3) is 0.400. The van der Waals surface area contributed by atoms with Gasteiger partial charge in [0.1, 0.15) is 0 Å². The summed E-state index contributed by atoms with van der Waals surface area (Å²) < 4.78 is 0. The molecule has 13 heavy (non-hydrogen) atoms. The minimum atomic E-state index is 0.617. The number of rotatable bonds is 3. The van der Waals surface area contributed by atoms with Crippen molar-refractivity contribution >= 4 is 5.71 Å². The van der Waals surface area contributed by atoms with E-state index in [2.05, 4.69) is 15.5 Å². The summed E-state index contributed by atoms with van der Waals surface area (Å²) in [6, 6.07) is 4.55. The van der Waals surface area contributed by atoms with Crippen LogP contribution in [-0.2, 0) is 0 Å².